The molecule has 0 aromatic heterocycles. The molecule has 1 unspecified atom stereocenters. The standard InChI is InChI=1S/C8H16O3S/c1-2-12(9)7-4-8-10-5-3-6-11-8/h8H,2-7H2,1H3. The highest BCUT2D eigenvalue weighted by Gasteiger charge is 2.14. The van der Waals surface area contributed by atoms with Crippen molar-refractivity contribution in [2.45, 2.75) is 26.1 Å². The molecule has 3 nitrogen and oxygen atoms in total. The number of ether oxygens (including phenoxy) is 2. The Kier molecular flexibility index (Phi) is 4.80. The monoisotopic (exact) mass is 192 g/mol. The van der Waals surface area contributed by atoms with Gasteiger partial charge in [-0.25, -0.2) is 0 Å². The SMILES string of the molecule is CCS(=O)CCC1OCCCO1. The number of rotatable bonds is 4. The van der Waals surface area contributed by atoms with Crippen molar-refractivity contribution in [3.8, 4) is 0 Å². The molecule has 0 aliphatic carbocycles. The summed E-state index contributed by atoms with van der Waals surface area (Å²) in [5.41, 5.74) is 0. The van der Waals surface area contributed by atoms with E-state index in [2.05, 4.69) is 0 Å². The van der Waals surface area contributed by atoms with E-state index in [1.54, 1.807) is 0 Å². The largest absolute Gasteiger partial charge is 0.353 e. The van der Waals surface area contributed by atoms with Gasteiger partial charge in [0.2, 0.25) is 0 Å². The van der Waals surface area contributed by atoms with Crippen LogP contribution in [0.2, 0.25) is 0 Å². The van der Waals surface area contributed by atoms with Crippen LogP contribution in [0.4, 0.5) is 0 Å². The van der Waals surface area contributed by atoms with Crippen LogP contribution in [0.1, 0.15) is 19.8 Å². The van der Waals surface area contributed by atoms with Crippen molar-refractivity contribution in [1.29, 1.82) is 0 Å². The van der Waals surface area contributed by atoms with Gasteiger partial charge in [0.25, 0.3) is 0 Å². The summed E-state index contributed by atoms with van der Waals surface area (Å²) in [5, 5.41) is 0. The van der Waals surface area contributed by atoms with Crippen molar-refractivity contribution < 1.29 is 13.7 Å². The minimum Gasteiger partial charge on any atom is -0.353 e. The Labute approximate surface area is 75.9 Å². The zero-order valence-corrected chi connectivity index (χ0v) is 8.27. The molecule has 1 rings (SSSR count). The van der Waals surface area contributed by atoms with Gasteiger partial charge in [-0.05, 0) is 6.42 Å². The van der Waals surface area contributed by atoms with Gasteiger partial charge in [0.1, 0.15) is 0 Å². The second kappa shape index (κ2) is 5.67. The van der Waals surface area contributed by atoms with Gasteiger partial charge in [-0.15, -0.1) is 0 Å². The van der Waals surface area contributed by atoms with Crippen LogP contribution in [-0.4, -0.2) is 35.2 Å². The zero-order chi connectivity index (χ0) is 8.81. The van der Waals surface area contributed by atoms with Crippen molar-refractivity contribution in [3.63, 3.8) is 0 Å². The Morgan fingerprint density at radius 1 is 1.42 bits per heavy atom. The molecule has 0 bridgehead atoms. The highest BCUT2D eigenvalue weighted by Crippen LogP contribution is 2.08. The van der Waals surface area contributed by atoms with E-state index in [4.69, 9.17) is 9.47 Å². The van der Waals surface area contributed by atoms with E-state index in [0.717, 1.165) is 31.8 Å². The molecule has 0 radical (unpaired) electrons. The van der Waals surface area contributed by atoms with E-state index in [9.17, 15) is 4.21 Å². The highest BCUT2D eigenvalue weighted by atomic mass is 32.2. The lowest BCUT2D eigenvalue weighted by atomic mass is 10.4. The summed E-state index contributed by atoms with van der Waals surface area (Å²) in [6.07, 6.45) is 1.64. The fourth-order valence-corrected chi connectivity index (χ4v) is 1.82. The molecule has 0 N–H and O–H groups in total. The lowest BCUT2D eigenvalue weighted by molar-refractivity contribution is -0.178. The highest BCUT2D eigenvalue weighted by molar-refractivity contribution is 7.84. The van der Waals surface area contributed by atoms with E-state index < -0.39 is 10.8 Å². The predicted octanol–water partition coefficient (Wildman–Crippen LogP) is 0.908. The number of hydrogen-bond acceptors (Lipinski definition) is 3. The Morgan fingerprint density at radius 3 is 2.67 bits per heavy atom. The third-order valence-corrected chi connectivity index (χ3v) is 3.13. The zero-order valence-electron chi connectivity index (χ0n) is 7.45. The molecule has 1 fully saturated rings. The van der Waals surface area contributed by atoms with E-state index in [-0.39, 0.29) is 6.29 Å². The summed E-state index contributed by atoms with van der Waals surface area (Å²) in [4.78, 5) is 0. The van der Waals surface area contributed by atoms with Crippen LogP contribution in [0.25, 0.3) is 0 Å². The summed E-state index contributed by atoms with van der Waals surface area (Å²) in [6, 6.07) is 0. The van der Waals surface area contributed by atoms with Gasteiger partial charge in [0.15, 0.2) is 6.29 Å². The number of hydrogen-bond donors (Lipinski definition) is 0. The van der Waals surface area contributed by atoms with Crippen LogP contribution >= 0.6 is 0 Å². The normalized spacial score (nSPS) is 22.4. The molecule has 0 spiro atoms. The van der Waals surface area contributed by atoms with Crippen LogP contribution in [0.15, 0.2) is 0 Å². The summed E-state index contributed by atoms with van der Waals surface area (Å²) in [6.45, 7) is 3.49. The van der Waals surface area contributed by atoms with Crippen molar-refractivity contribution >= 4 is 10.8 Å². The van der Waals surface area contributed by atoms with Gasteiger partial charge in [-0.3, -0.25) is 4.21 Å². The topological polar surface area (TPSA) is 35.5 Å². The molecule has 1 aliphatic rings. The van der Waals surface area contributed by atoms with E-state index in [1.165, 1.54) is 0 Å². The summed E-state index contributed by atoms with van der Waals surface area (Å²) >= 11 is 0. The van der Waals surface area contributed by atoms with Crippen LogP contribution in [0.3, 0.4) is 0 Å². The Bertz CT molecular complexity index is 143. The van der Waals surface area contributed by atoms with Crippen molar-refractivity contribution in [2.75, 3.05) is 24.7 Å². The molecule has 72 valence electrons. The maximum absolute atomic E-state index is 11.1. The molecule has 0 aromatic rings. The van der Waals surface area contributed by atoms with Gasteiger partial charge in [0, 0.05) is 28.7 Å². The first-order valence-corrected chi connectivity index (χ1v) is 5.90. The van der Waals surface area contributed by atoms with E-state index in [1.807, 2.05) is 6.92 Å². The van der Waals surface area contributed by atoms with Crippen LogP contribution in [0, 0.1) is 0 Å². The van der Waals surface area contributed by atoms with Gasteiger partial charge in [-0.1, -0.05) is 6.92 Å². The second-order valence-electron chi connectivity index (χ2n) is 2.75. The van der Waals surface area contributed by atoms with Crippen molar-refractivity contribution in [2.24, 2.45) is 0 Å². The van der Waals surface area contributed by atoms with Crippen LogP contribution in [-0.2, 0) is 20.3 Å². The van der Waals surface area contributed by atoms with Gasteiger partial charge in [-0.2, -0.15) is 0 Å². The molecular formula is C8H16O3S. The van der Waals surface area contributed by atoms with Crippen molar-refractivity contribution in [1.82, 2.24) is 0 Å². The Morgan fingerprint density at radius 2 is 2.08 bits per heavy atom. The molecule has 12 heavy (non-hydrogen) atoms. The summed E-state index contributed by atoms with van der Waals surface area (Å²) in [5.74, 6) is 1.42. The second-order valence-corrected chi connectivity index (χ2v) is 4.61. The van der Waals surface area contributed by atoms with Gasteiger partial charge in [0.05, 0.1) is 13.2 Å². The summed E-state index contributed by atoms with van der Waals surface area (Å²) in [7, 11) is -0.689. The minimum absolute atomic E-state index is 0.103. The first kappa shape index (κ1) is 10.2. The molecule has 0 amide bonds. The maximum Gasteiger partial charge on any atom is 0.158 e. The van der Waals surface area contributed by atoms with Gasteiger partial charge < -0.3 is 9.47 Å². The molecule has 0 aromatic carbocycles. The van der Waals surface area contributed by atoms with E-state index in [0.29, 0.717) is 5.75 Å². The fraction of sp³-hybridized carbons (Fsp3) is 1.00. The molecule has 1 aliphatic heterocycles. The third-order valence-electron chi connectivity index (χ3n) is 1.80. The Hall–Kier alpha value is 0.0700. The maximum atomic E-state index is 11.1. The molecule has 1 heterocycles. The van der Waals surface area contributed by atoms with Gasteiger partial charge >= 0.3 is 0 Å². The average Bonchev–Trinajstić information content (AvgIpc) is 2.16. The average molecular weight is 192 g/mol. The first-order valence-electron chi connectivity index (χ1n) is 4.41. The Balaban J connectivity index is 2.09. The first-order chi connectivity index (χ1) is 5.83. The smallest absolute Gasteiger partial charge is 0.158 e. The molecule has 4 heteroatoms. The molecule has 0 saturated carbocycles. The third kappa shape index (κ3) is 3.65. The van der Waals surface area contributed by atoms with E-state index >= 15 is 0 Å². The van der Waals surface area contributed by atoms with Crippen LogP contribution in [0.5, 0.6) is 0 Å². The molecule has 1 saturated heterocycles. The summed E-state index contributed by atoms with van der Waals surface area (Å²) < 4.78 is 21.7. The quantitative estimate of drug-likeness (QED) is 0.664. The minimum atomic E-state index is -0.689. The van der Waals surface area contributed by atoms with Crippen molar-refractivity contribution in [3.05, 3.63) is 0 Å². The van der Waals surface area contributed by atoms with Crippen LogP contribution < -0.4 is 0 Å². The fourth-order valence-electron chi connectivity index (χ4n) is 1.08. The predicted molar refractivity (Wildman–Crippen MR) is 48.5 cm³/mol. The lowest BCUT2D eigenvalue weighted by Crippen LogP contribution is -2.26. The molecule has 1 atom stereocenters. The lowest BCUT2D eigenvalue weighted by Gasteiger charge is -2.22. The molecular weight excluding hydrogens is 176 g/mol.